The second-order valence-electron chi connectivity index (χ2n) is 5.69. The molecule has 0 aliphatic rings. The Labute approximate surface area is 165 Å². The van der Waals surface area contributed by atoms with Crippen molar-refractivity contribution in [3.05, 3.63) is 51.9 Å². The first-order valence-electron chi connectivity index (χ1n) is 7.75. The molecule has 0 fully saturated rings. The van der Waals surface area contributed by atoms with Crippen molar-refractivity contribution in [1.29, 1.82) is 0 Å². The number of aryl methyl sites for hydroxylation is 1. The van der Waals surface area contributed by atoms with Crippen molar-refractivity contribution >= 4 is 22.6 Å². The molecule has 0 N–H and O–H groups in total. The highest BCUT2D eigenvalue weighted by Gasteiger charge is 2.25. The van der Waals surface area contributed by atoms with Gasteiger partial charge >= 0.3 is 9.94 Å². The summed E-state index contributed by atoms with van der Waals surface area (Å²) in [6.07, 6.45) is 2.77. The van der Waals surface area contributed by atoms with E-state index in [4.69, 9.17) is 9.26 Å². The number of rotatable bonds is 6. The normalized spacial score (nSPS) is 11.6. The molecule has 0 atom stereocenters. The molecule has 3 aromatic rings. The van der Waals surface area contributed by atoms with Crippen LogP contribution < -0.4 is 10.3 Å². The fourth-order valence-electron chi connectivity index (χ4n) is 2.13. The van der Waals surface area contributed by atoms with Gasteiger partial charge in [-0.05, 0) is 19.9 Å². The first kappa shape index (κ1) is 19.3. The molecule has 0 saturated heterocycles. The minimum Gasteiger partial charge on any atom is -0.456 e. The minimum absolute atomic E-state index is 0.131. The van der Waals surface area contributed by atoms with Gasteiger partial charge < -0.3 is 9.26 Å². The van der Waals surface area contributed by atoms with E-state index in [-0.39, 0.29) is 18.1 Å². The lowest BCUT2D eigenvalue weighted by molar-refractivity contribution is 0.0603. The van der Waals surface area contributed by atoms with Crippen LogP contribution in [0.25, 0.3) is 11.3 Å². The third kappa shape index (κ3) is 4.84. The van der Waals surface area contributed by atoms with Gasteiger partial charge in [0.2, 0.25) is 0 Å². The minimum atomic E-state index is -3.01. The summed E-state index contributed by atoms with van der Waals surface area (Å²) in [5, 5.41) is 8.14. The summed E-state index contributed by atoms with van der Waals surface area (Å²) in [6, 6.07) is 2.72. The van der Waals surface area contributed by atoms with Crippen LogP contribution in [-0.4, -0.2) is 35.4 Å². The molecule has 0 aromatic carbocycles. The van der Waals surface area contributed by atoms with Gasteiger partial charge in [0, 0.05) is 52.2 Å². The maximum atomic E-state index is 12.8. The molecule has 8 nitrogen and oxygen atoms in total. The fraction of sp³-hybridized carbons (Fsp3) is 0.312. The number of nitrogens with zero attached hydrogens (tertiary/aromatic N) is 5. The average molecular weight is 489 g/mol. The van der Waals surface area contributed by atoms with Crippen LogP contribution >= 0.6 is 22.6 Å². The molecule has 27 heavy (non-hydrogen) atoms. The summed E-state index contributed by atoms with van der Waals surface area (Å²) >= 11 is 0.970. The second-order valence-corrected chi connectivity index (χ2v) is 7.27. The van der Waals surface area contributed by atoms with Crippen molar-refractivity contribution in [2.45, 2.75) is 24.3 Å². The summed E-state index contributed by atoms with van der Waals surface area (Å²) in [6.45, 7) is 2.96. The number of alkyl halides is 3. The van der Waals surface area contributed by atoms with Crippen LogP contribution in [0.2, 0.25) is 0 Å². The van der Waals surface area contributed by atoms with Crippen LogP contribution in [0, 0.1) is 13.8 Å². The molecule has 142 valence electrons. The molecule has 0 spiro atoms. The number of aromatic nitrogens is 5. The zero-order valence-corrected chi connectivity index (χ0v) is 16.5. The summed E-state index contributed by atoms with van der Waals surface area (Å²) < 4.78 is 33.9. The van der Waals surface area contributed by atoms with Gasteiger partial charge in [0.05, 0.1) is 11.4 Å². The molecule has 3 heterocycles. The van der Waals surface area contributed by atoms with E-state index in [9.17, 15) is 13.6 Å². The van der Waals surface area contributed by atoms with Crippen molar-refractivity contribution in [1.82, 2.24) is 24.9 Å². The molecule has 0 saturated carbocycles. The highest BCUT2D eigenvalue weighted by Crippen LogP contribution is 2.23. The van der Waals surface area contributed by atoms with Gasteiger partial charge in [0.15, 0.2) is 12.4 Å². The van der Waals surface area contributed by atoms with E-state index < -0.39 is 10.5 Å². The first-order chi connectivity index (χ1) is 12.7. The van der Waals surface area contributed by atoms with E-state index in [1.165, 1.54) is 29.2 Å². The van der Waals surface area contributed by atoms with Gasteiger partial charge in [-0.15, -0.1) is 0 Å². The second kappa shape index (κ2) is 7.66. The lowest BCUT2D eigenvalue weighted by atomic mass is 10.2. The van der Waals surface area contributed by atoms with Crippen LogP contribution in [0.4, 0.5) is 8.78 Å². The summed E-state index contributed by atoms with van der Waals surface area (Å²) in [7, 11) is 0. The molecule has 0 aliphatic carbocycles. The summed E-state index contributed by atoms with van der Waals surface area (Å²) in [5.74, 6) is 0.541. The maximum absolute atomic E-state index is 12.8. The van der Waals surface area contributed by atoms with Gasteiger partial charge in [0.25, 0.3) is 5.56 Å². The quantitative estimate of drug-likeness (QED) is 0.388. The Hall–Kier alpha value is -2.44. The van der Waals surface area contributed by atoms with E-state index in [0.29, 0.717) is 17.0 Å². The van der Waals surface area contributed by atoms with Crippen molar-refractivity contribution < 1.29 is 18.0 Å². The predicted octanol–water partition coefficient (Wildman–Crippen LogP) is 2.76. The van der Waals surface area contributed by atoms with Crippen LogP contribution in [-0.2, 0) is 6.54 Å². The van der Waals surface area contributed by atoms with Gasteiger partial charge in [-0.3, -0.25) is 4.79 Å². The van der Waals surface area contributed by atoms with Crippen molar-refractivity contribution in [3.63, 3.8) is 0 Å². The fourth-order valence-corrected chi connectivity index (χ4v) is 2.29. The van der Waals surface area contributed by atoms with E-state index in [1.54, 1.807) is 0 Å². The Balaban J connectivity index is 1.81. The van der Waals surface area contributed by atoms with E-state index in [2.05, 4.69) is 20.2 Å². The highest BCUT2D eigenvalue weighted by molar-refractivity contribution is 14.1. The van der Waals surface area contributed by atoms with Crippen molar-refractivity contribution in [2.75, 3.05) is 6.61 Å². The number of hydrogen-bond donors (Lipinski definition) is 0. The Bertz CT molecular complexity index is 999. The summed E-state index contributed by atoms with van der Waals surface area (Å²) in [4.78, 5) is 19.8. The molecule has 0 bridgehead atoms. The third-order valence-corrected chi connectivity index (χ3v) is 4.01. The molecule has 0 aliphatic heterocycles. The zero-order valence-electron chi connectivity index (χ0n) is 14.3. The first-order valence-corrected chi connectivity index (χ1v) is 8.83. The molecule has 3 aromatic heterocycles. The van der Waals surface area contributed by atoms with Gasteiger partial charge in [-0.1, -0.05) is 5.16 Å². The molecule has 0 unspecified atom stereocenters. The Morgan fingerprint density at radius 3 is 2.56 bits per heavy atom. The average Bonchev–Trinajstić information content (AvgIpc) is 2.94. The smallest absolute Gasteiger partial charge is 0.329 e. The molecule has 0 radical (unpaired) electrons. The largest absolute Gasteiger partial charge is 0.456 e. The van der Waals surface area contributed by atoms with Crippen molar-refractivity contribution in [3.8, 4) is 17.3 Å². The summed E-state index contributed by atoms with van der Waals surface area (Å²) in [5.41, 5.74) is 2.23. The van der Waals surface area contributed by atoms with E-state index in [1.807, 2.05) is 13.8 Å². The Morgan fingerprint density at radius 1 is 1.26 bits per heavy atom. The van der Waals surface area contributed by atoms with E-state index in [0.717, 1.165) is 33.8 Å². The molecule has 11 heteroatoms. The predicted molar refractivity (Wildman–Crippen MR) is 99.1 cm³/mol. The zero-order chi connectivity index (χ0) is 19.6. The SMILES string of the molecule is Cc1noc(Cn2nc(-c3cnc(OCC(F)(F)I)nc3)ccc2=O)c1C. The lowest BCUT2D eigenvalue weighted by Crippen LogP contribution is -2.23. The third-order valence-electron chi connectivity index (χ3n) is 3.70. The highest BCUT2D eigenvalue weighted by atomic mass is 127. The number of ether oxygens (including phenoxy) is 1. The lowest BCUT2D eigenvalue weighted by Gasteiger charge is -2.09. The van der Waals surface area contributed by atoms with Crippen LogP contribution in [0.3, 0.4) is 0 Å². The number of halogens is 3. The Morgan fingerprint density at radius 2 is 1.96 bits per heavy atom. The standard InChI is InChI=1S/C16H14F2IN5O3/c1-9-10(2)23-27-13(9)7-24-14(25)4-3-12(22-24)11-5-20-15(21-6-11)26-8-16(17,18)19/h3-6H,7-8H2,1-2H3. The monoisotopic (exact) mass is 489 g/mol. The van der Waals surface area contributed by atoms with Crippen LogP contribution in [0.15, 0.2) is 33.8 Å². The van der Waals surface area contributed by atoms with Crippen LogP contribution in [0.5, 0.6) is 6.01 Å². The van der Waals surface area contributed by atoms with Gasteiger partial charge in [0.1, 0.15) is 6.54 Å². The van der Waals surface area contributed by atoms with Crippen molar-refractivity contribution in [2.24, 2.45) is 0 Å². The maximum Gasteiger partial charge on any atom is 0.329 e. The number of hydrogen-bond acceptors (Lipinski definition) is 7. The van der Waals surface area contributed by atoms with Gasteiger partial charge in [-0.25, -0.2) is 14.6 Å². The molecule has 0 amide bonds. The topological polar surface area (TPSA) is 95.9 Å². The Kier molecular flexibility index (Phi) is 5.48. The molecule has 3 rings (SSSR count). The molecular formula is C16H14F2IN5O3. The molecular weight excluding hydrogens is 475 g/mol. The van der Waals surface area contributed by atoms with Gasteiger partial charge in [-0.2, -0.15) is 13.9 Å². The van der Waals surface area contributed by atoms with E-state index >= 15 is 0 Å². The van der Waals surface area contributed by atoms with Crippen LogP contribution in [0.1, 0.15) is 17.0 Å².